The SMILES string of the molecule is CCCCCCCCCCCCCCCCCCCCCCCC(=O)O[C@H](COC(=O)CCCCCCCCCCCC(C)C)COP(=O)(O)OC[C@@H](O)COP(=O)(O)OC[C@@H](COC(=O)CCCCCCCCC(C)C)OC(=O)CCCCCCCCCCCC(C)C. The number of unbranched alkanes of at least 4 members (excludes halogenated alkanes) is 41. The minimum Gasteiger partial charge on any atom is -0.462 e. The Morgan fingerprint density at radius 3 is 0.723 bits per heavy atom. The molecule has 0 spiro atoms. The van der Waals surface area contributed by atoms with E-state index < -0.39 is 97.5 Å². The number of esters is 4. The lowest BCUT2D eigenvalue weighted by Crippen LogP contribution is -2.30. The summed E-state index contributed by atoms with van der Waals surface area (Å²) >= 11 is 0. The van der Waals surface area contributed by atoms with Crippen molar-refractivity contribution in [3.05, 3.63) is 0 Å². The van der Waals surface area contributed by atoms with Crippen molar-refractivity contribution in [3.8, 4) is 0 Å². The first kappa shape index (κ1) is 92.1. The summed E-state index contributed by atoms with van der Waals surface area (Å²) in [6.07, 6.45) is 51.7. The van der Waals surface area contributed by atoms with E-state index in [-0.39, 0.29) is 25.7 Å². The molecule has 558 valence electrons. The van der Waals surface area contributed by atoms with Crippen LogP contribution in [-0.4, -0.2) is 96.7 Å². The molecule has 94 heavy (non-hydrogen) atoms. The molecule has 0 aliphatic rings. The molecule has 0 saturated heterocycles. The maximum atomic E-state index is 13.1. The van der Waals surface area contributed by atoms with Gasteiger partial charge in [0.15, 0.2) is 12.2 Å². The quantitative estimate of drug-likeness (QED) is 0.0222. The van der Waals surface area contributed by atoms with Gasteiger partial charge in [-0.05, 0) is 43.4 Å². The van der Waals surface area contributed by atoms with Crippen LogP contribution in [0, 0.1) is 17.8 Å². The molecule has 0 aromatic heterocycles. The van der Waals surface area contributed by atoms with E-state index >= 15 is 0 Å². The first-order chi connectivity index (χ1) is 45.2. The van der Waals surface area contributed by atoms with Gasteiger partial charge < -0.3 is 33.8 Å². The Kier molecular flexibility index (Phi) is 64.3. The lowest BCUT2D eigenvalue weighted by atomic mass is 10.0. The number of rotatable bonds is 73. The lowest BCUT2D eigenvalue weighted by molar-refractivity contribution is -0.161. The van der Waals surface area contributed by atoms with Gasteiger partial charge in [0.2, 0.25) is 0 Å². The van der Waals surface area contributed by atoms with Crippen molar-refractivity contribution in [2.45, 2.75) is 401 Å². The van der Waals surface area contributed by atoms with Crippen LogP contribution in [0.4, 0.5) is 0 Å². The molecule has 5 atom stereocenters. The van der Waals surface area contributed by atoms with Crippen molar-refractivity contribution in [3.63, 3.8) is 0 Å². The van der Waals surface area contributed by atoms with Crippen molar-refractivity contribution in [2.24, 2.45) is 17.8 Å². The molecule has 2 unspecified atom stereocenters. The summed E-state index contributed by atoms with van der Waals surface area (Å²) in [7, 11) is -9.91. The van der Waals surface area contributed by atoms with Crippen molar-refractivity contribution in [2.75, 3.05) is 39.6 Å². The second kappa shape index (κ2) is 65.7. The highest BCUT2D eigenvalue weighted by Crippen LogP contribution is 2.45. The average molecular weight is 1380 g/mol. The highest BCUT2D eigenvalue weighted by molar-refractivity contribution is 7.47. The summed E-state index contributed by atoms with van der Waals surface area (Å²) in [5, 5.41) is 10.6. The summed E-state index contributed by atoms with van der Waals surface area (Å²) in [5.74, 6) is 0.0352. The van der Waals surface area contributed by atoms with Crippen LogP contribution >= 0.6 is 15.6 Å². The lowest BCUT2D eigenvalue weighted by Gasteiger charge is -2.21. The van der Waals surface area contributed by atoms with Crippen molar-refractivity contribution >= 4 is 39.5 Å². The molecular formula is C75H146O17P2. The molecule has 0 rings (SSSR count). The second-order valence-corrected chi connectivity index (χ2v) is 31.4. The molecule has 17 nitrogen and oxygen atoms in total. The predicted octanol–water partition coefficient (Wildman–Crippen LogP) is 21.8. The fraction of sp³-hybridized carbons (Fsp3) is 0.947. The molecule has 0 aromatic carbocycles. The Labute approximate surface area is 575 Å². The van der Waals surface area contributed by atoms with E-state index in [1.54, 1.807) is 0 Å². The number of aliphatic hydroxyl groups excluding tert-OH is 1. The van der Waals surface area contributed by atoms with Gasteiger partial charge in [0, 0.05) is 25.7 Å². The van der Waals surface area contributed by atoms with Crippen LogP contribution in [0.15, 0.2) is 0 Å². The smallest absolute Gasteiger partial charge is 0.462 e. The normalized spacial score (nSPS) is 14.1. The van der Waals surface area contributed by atoms with E-state index in [2.05, 4.69) is 48.5 Å². The third kappa shape index (κ3) is 68.6. The highest BCUT2D eigenvalue weighted by atomic mass is 31.2. The van der Waals surface area contributed by atoms with Gasteiger partial charge in [0.05, 0.1) is 26.4 Å². The predicted molar refractivity (Wildman–Crippen MR) is 381 cm³/mol. The number of ether oxygens (including phenoxy) is 4. The van der Waals surface area contributed by atoms with Crippen LogP contribution in [0.1, 0.15) is 382 Å². The van der Waals surface area contributed by atoms with Gasteiger partial charge in [0.1, 0.15) is 19.3 Å². The van der Waals surface area contributed by atoms with E-state index in [4.69, 9.17) is 37.0 Å². The Balaban J connectivity index is 5.18. The molecule has 0 saturated carbocycles. The van der Waals surface area contributed by atoms with E-state index in [1.807, 2.05) is 0 Å². The highest BCUT2D eigenvalue weighted by Gasteiger charge is 2.30. The van der Waals surface area contributed by atoms with E-state index in [0.29, 0.717) is 31.6 Å². The molecular weight excluding hydrogens is 1230 g/mol. The number of aliphatic hydroxyl groups is 1. The minimum absolute atomic E-state index is 0.104. The molecule has 0 radical (unpaired) electrons. The molecule has 0 aliphatic heterocycles. The molecule has 19 heteroatoms. The van der Waals surface area contributed by atoms with Gasteiger partial charge in [-0.3, -0.25) is 37.3 Å². The van der Waals surface area contributed by atoms with Gasteiger partial charge in [-0.2, -0.15) is 0 Å². The Morgan fingerprint density at radius 1 is 0.287 bits per heavy atom. The topological polar surface area (TPSA) is 237 Å². The Morgan fingerprint density at radius 2 is 0.489 bits per heavy atom. The summed E-state index contributed by atoms with van der Waals surface area (Å²) in [4.78, 5) is 72.7. The third-order valence-electron chi connectivity index (χ3n) is 17.4. The summed E-state index contributed by atoms with van der Waals surface area (Å²) in [5.41, 5.74) is 0. The largest absolute Gasteiger partial charge is 0.472 e. The number of carbonyl (C=O) groups is 4. The van der Waals surface area contributed by atoms with Crippen LogP contribution in [0.5, 0.6) is 0 Å². The molecule has 0 aromatic rings. The Hall–Kier alpha value is -1.94. The summed E-state index contributed by atoms with van der Waals surface area (Å²) in [6, 6.07) is 0. The standard InChI is InChI=1S/C75H146O17P2/c1-8-9-10-11-12-13-14-15-16-17-18-19-20-21-22-23-24-29-35-44-51-58-74(79)91-70(62-85-72(77)56-49-42-34-30-25-27-32-39-46-53-66(2)3)64-89-93(81,82)87-60-69(76)61-88-94(83,84)90-65-71(63-86-73(78)57-50-43-38-37-41-48-55-68(6)7)92-75(80)59-52-45-36-31-26-28-33-40-47-54-67(4)5/h66-71,76H,8-65H2,1-7H3,(H,81,82)(H,83,84)/t69-,70-,71-/m1/s1. The molecule has 3 N–H and O–H groups in total. The molecule has 0 aliphatic carbocycles. The van der Waals surface area contributed by atoms with E-state index in [0.717, 1.165) is 108 Å². The van der Waals surface area contributed by atoms with Gasteiger partial charge in [0.25, 0.3) is 0 Å². The minimum atomic E-state index is -4.96. The van der Waals surface area contributed by atoms with Gasteiger partial charge >= 0.3 is 39.5 Å². The number of phosphoric ester groups is 2. The van der Waals surface area contributed by atoms with Gasteiger partial charge in [-0.25, -0.2) is 9.13 Å². The van der Waals surface area contributed by atoms with Crippen molar-refractivity contribution < 1.29 is 80.2 Å². The van der Waals surface area contributed by atoms with E-state index in [1.165, 1.54) is 186 Å². The molecule has 0 bridgehead atoms. The van der Waals surface area contributed by atoms with Crippen LogP contribution in [-0.2, 0) is 65.4 Å². The summed E-state index contributed by atoms with van der Waals surface area (Å²) < 4.78 is 68.4. The van der Waals surface area contributed by atoms with Crippen LogP contribution in [0.25, 0.3) is 0 Å². The zero-order valence-electron chi connectivity index (χ0n) is 61.4. The maximum absolute atomic E-state index is 13.1. The average Bonchev–Trinajstić information content (AvgIpc) is 1.27. The molecule has 0 heterocycles. The monoisotopic (exact) mass is 1380 g/mol. The molecule has 0 amide bonds. The first-order valence-electron chi connectivity index (χ1n) is 38.8. The van der Waals surface area contributed by atoms with Crippen molar-refractivity contribution in [1.82, 2.24) is 0 Å². The second-order valence-electron chi connectivity index (χ2n) is 28.5. The molecule has 0 fully saturated rings. The van der Waals surface area contributed by atoms with Gasteiger partial charge in [-0.15, -0.1) is 0 Å². The maximum Gasteiger partial charge on any atom is 0.472 e. The van der Waals surface area contributed by atoms with Crippen LogP contribution < -0.4 is 0 Å². The number of phosphoric acid groups is 2. The Bertz CT molecular complexity index is 1840. The van der Waals surface area contributed by atoms with Crippen LogP contribution in [0.2, 0.25) is 0 Å². The number of hydrogen-bond acceptors (Lipinski definition) is 15. The van der Waals surface area contributed by atoms with Crippen LogP contribution in [0.3, 0.4) is 0 Å². The van der Waals surface area contributed by atoms with Crippen molar-refractivity contribution in [1.29, 1.82) is 0 Å². The fourth-order valence-electron chi connectivity index (χ4n) is 11.4. The zero-order valence-corrected chi connectivity index (χ0v) is 63.2. The zero-order chi connectivity index (χ0) is 69.4. The van der Waals surface area contributed by atoms with E-state index in [9.17, 15) is 43.2 Å². The summed E-state index contributed by atoms with van der Waals surface area (Å²) in [6.45, 7) is 11.8. The third-order valence-corrected chi connectivity index (χ3v) is 19.3. The van der Waals surface area contributed by atoms with Gasteiger partial charge in [-0.1, -0.05) is 331 Å². The fourth-order valence-corrected chi connectivity index (χ4v) is 13.0. The number of hydrogen-bond donors (Lipinski definition) is 3. The number of carbonyl (C=O) groups excluding carboxylic acids is 4. The first-order valence-corrected chi connectivity index (χ1v) is 41.8.